The first-order valence-electron chi connectivity index (χ1n) is 9.64. The summed E-state index contributed by atoms with van der Waals surface area (Å²) in [5.74, 6) is 0.642. The Balaban J connectivity index is 1.43. The molecule has 2 aliphatic heterocycles. The maximum atomic E-state index is 12.4. The lowest BCUT2D eigenvalue weighted by Crippen LogP contribution is -2.43. The predicted molar refractivity (Wildman–Crippen MR) is 101 cm³/mol. The van der Waals surface area contributed by atoms with Crippen molar-refractivity contribution in [2.45, 2.75) is 51.5 Å². The Bertz CT molecular complexity index is 563. The van der Waals surface area contributed by atoms with E-state index in [9.17, 15) is 4.79 Å². The van der Waals surface area contributed by atoms with Gasteiger partial charge in [0.15, 0.2) is 0 Å². The minimum atomic E-state index is 0.0482. The van der Waals surface area contributed by atoms with E-state index in [1.807, 2.05) is 12.1 Å². The SMILES string of the molecule is CC(C)(C)c1ccc(C(=O)NCC2CCN([C@@H]3CCOC3)CC2)cc1. The first kappa shape index (κ1) is 18.4. The van der Waals surface area contributed by atoms with Crippen molar-refractivity contribution in [3.05, 3.63) is 35.4 Å². The van der Waals surface area contributed by atoms with E-state index in [0.717, 1.165) is 38.4 Å². The van der Waals surface area contributed by atoms with Gasteiger partial charge in [-0.25, -0.2) is 0 Å². The van der Waals surface area contributed by atoms with Crippen molar-refractivity contribution in [3.8, 4) is 0 Å². The zero-order valence-corrected chi connectivity index (χ0v) is 15.9. The third-order valence-corrected chi connectivity index (χ3v) is 5.64. The van der Waals surface area contributed by atoms with Gasteiger partial charge in [-0.1, -0.05) is 32.9 Å². The summed E-state index contributed by atoms with van der Waals surface area (Å²) in [5.41, 5.74) is 2.13. The molecule has 1 aromatic rings. The Labute approximate surface area is 151 Å². The Kier molecular flexibility index (Phi) is 5.80. The zero-order chi connectivity index (χ0) is 17.9. The molecule has 2 fully saturated rings. The molecular weight excluding hydrogens is 312 g/mol. The highest BCUT2D eigenvalue weighted by atomic mass is 16.5. The van der Waals surface area contributed by atoms with E-state index in [0.29, 0.717) is 12.0 Å². The largest absolute Gasteiger partial charge is 0.380 e. The smallest absolute Gasteiger partial charge is 0.251 e. The quantitative estimate of drug-likeness (QED) is 0.912. The lowest BCUT2D eigenvalue weighted by atomic mass is 9.86. The van der Waals surface area contributed by atoms with Gasteiger partial charge in [0.25, 0.3) is 5.91 Å². The number of nitrogens with one attached hydrogen (secondary N) is 1. The number of piperidine rings is 1. The van der Waals surface area contributed by atoms with Crippen LogP contribution in [0.1, 0.15) is 56.0 Å². The van der Waals surface area contributed by atoms with Crippen LogP contribution in [0, 0.1) is 5.92 Å². The van der Waals surface area contributed by atoms with Gasteiger partial charge in [-0.15, -0.1) is 0 Å². The van der Waals surface area contributed by atoms with Crippen molar-refractivity contribution in [3.63, 3.8) is 0 Å². The van der Waals surface area contributed by atoms with Crippen LogP contribution in [0.3, 0.4) is 0 Å². The Morgan fingerprint density at radius 3 is 2.40 bits per heavy atom. The van der Waals surface area contributed by atoms with Gasteiger partial charge in [-0.2, -0.15) is 0 Å². The number of likely N-dealkylation sites (tertiary alicyclic amines) is 1. The fourth-order valence-corrected chi connectivity index (χ4v) is 3.79. The first-order chi connectivity index (χ1) is 11.9. The summed E-state index contributed by atoms with van der Waals surface area (Å²) >= 11 is 0. The van der Waals surface area contributed by atoms with E-state index in [4.69, 9.17) is 4.74 Å². The summed E-state index contributed by atoms with van der Waals surface area (Å²) in [6.45, 7) is 11.4. The van der Waals surface area contributed by atoms with Crippen LogP contribution in [0.15, 0.2) is 24.3 Å². The molecule has 1 N–H and O–H groups in total. The first-order valence-corrected chi connectivity index (χ1v) is 9.64. The molecule has 1 amide bonds. The van der Waals surface area contributed by atoms with Gasteiger partial charge in [0.1, 0.15) is 0 Å². The molecule has 1 atom stereocenters. The van der Waals surface area contributed by atoms with Gasteiger partial charge in [0.2, 0.25) is 0 Å². The maximum absolute atomic E-state index is 12.4. The van der Waals surface area contributed by atoms with Crippen molar-refractivity contribution in [1.82, 2.24) is 10.2 Å². The molecule has 4 heteroatoms. The number of benzene rings is 1. The van der Waals surface area contributed by atoms with Crippen LogP contribution >= 0.6 is 0 Å². The molecule has 0 saturated carbocycles. The van der Waals surface area contributed by atoms with Crippen molar-refractivity contribution in [2.75, 3.05) is 32.8 Å². The Morgan fingerprint density at radius 1 is 1.16 bits per heavy atom. The minimum Gasteiger partial charge on any atom is -0.380 e. The number of nitrogens with zero attached hydrogens (tertiary/aromatic N) is 1. The predicted octanol–water partition coefficient (Wildman–Crippen LogP) is 3.21. The molecule has 4 nitrogen and oxygen atoms in total. The molecule has 0 bridgehead atoms. The van der Waals surface area contributed by atoms with Gasteiger partial charge in [-0.3, -0.25) is 9.69 Å². The van der Waals surface area contributed by atoms with Crippen LogP contribution in [0.4, 0.5) is 0 Å². The lowest BCUT2D eigenvalue weighted by Gasteiger charge is -2.35. The second-order valence-electron chi connectivity index (χ2n) is 8.53. The highest BCUT2D eigenvalue weighted by Crippen LogP contribution is 2.23. The standard InChI is InChI=1S/C21H32N2O2/c1-21(2,3)18-6-4-17(5-7-18)20(24)22-14-16-8-11-23(12-9-16)19-10-13-25-15-19/h4-7,16,19H,8-15H2,1-3H3,(H,22,24)/t19-/m1/s1. The van der Waals surface area contributed by atoms with Crippen molar-refractivity contribution in [1.29, 1.82) is 0 Å². The zero-order valence-electron chi connectivity index (χ0n) is 15.9. The average molecular weight is 344 g/mol. The molecular formula is C21H32N2O2. The van der Waals surface area contributed by atoms with Crippen molar-refractivity contribution in [2.24, 2.45) is 5.92 Å². The summed E-state index contributed by atoms with van der Waals surface area (Å²) in [6, 6.07) is 8.64. The van der Waals surface area contributed by atoms with E-state index >= 15 is 0 Å². The number of hydrogen-bond donors (Lipinski definition) is 1. The van der Waals surface area contributed by atoms with Crippen molar-refractivity contribution < 1.29 is 9.53 Å². The Morgan fingerprint density at radius 2 is 1.84 bits per heavy atom. The summed E-state index contributed by atoms with van der Waals surface area (Å²) in [6.07, 6.45) is 3.51. The van der Waals surface area contributed by atoms with E-state index in [2.05, 4.69) is 43.1 Å². The highest BCUT2D eigenvalue weighted by molar-refractivity contribution is 5.94. The fraction of sp³-hybridized carbons (Fsp3) is 0.667. The average Bonchev–Trinajstić information content (AvgIpc) is 3.14. The van der Waals surface area contributed by atoms with E-state index in [1.54, 1.807) is 0 Å². The number of rotatable bonds is 4. The van der Waals surface area contributed by atoms with Gasteiger partial charge < -0.3 is 10.1 Å². The number of carbonyl (C=O) groups excluding carboxylic acids is 1. The molecule has 1 aromatic carbocycles. The molecule has 138 valence electrons. The molecule has 2 aliphatic rings. The molecule has 0 radical (unpaired) electrons. The summed E-state index contributed by atoms with van der Waals surface area (Å²) in [4.78, 5) is 14.9. The summed E-state index contributed by atoms with van der Waals surface area (Å²) < 4.78 is 5.50. The third kappa shape index (κ3) is 4.83. The molecule has 25 heavy (non-hydrogen) atoms. The Hall–Kier alpha value is -1.39. The second kappa shape index (κ2) is 7.88. The number of amides is 1. The second-order valence-corrected chi connectivity index (χ2v) is 8.53. The van der Waals surface area contributed by atoms with Crippen LogP contribution in [-0.2, 0) is 10.2 Å². The highest BCUT2D eigenvalue weighted by Gasteiger charge is 2.27. The maximum Gasteiger partial charge on any atom is 0.251 e. The minimum absolute atomic E-state index is 0.0482. The topological polar surface area (TPSA) is 41.6 Å². The van der Waals surface area contributed by atoms with Gasteiger partial charge in [0.05, 0.1) is 6.61 Å². The van der Waals surface area contributed by atoms with E-state index < -0.39 is 0 Å². The molecule has 2 saturated heterocycles. The van der Waals surface area contributed by atoms with Crippen LogP contribution in [0.5, 0.6) is 0 Å². The normalized spacial score (nSPS) is 22.9. The molecule has 0 spiro atoms. The monoisotopic (exact) mass is 344 g/mol. The van der Waals surface area contributed by atoms with E-state index in [-0.39, 0.29) is 11.3 Å². The molecule has 2 heterocycles. The van der Waals surface area contributed by atoms with Gasteiger partial charge in [0, 0.05) is 24.8 Å². The van der Waals surface area contributed by atoms with E-state index in [1.165, 1.54) is 24.8 Å². The fourth-order valence-electron chi connectivity index (χ4n) is 3.79. The van der Waals surface area contributed by atoms with Crippen LogP contribution in [0.25, 0.3) is 0 Å². The third-order valence-electron chi connectivity index (χ3n) is 5.64. The number of hydrogen-bond acceptors (Lipinski definition) is 3. The molecule has 3 rings (SSSR count). The lowest BCUT2D eigenvalue weighted by molar-refractivity contribution is 0.0911. The molecule has 0 unspecified atom stereocenters. The van der Waals surface area contributed by atoms with Gasteiger partial charge >= 0.3 is 0 Å². The molecule has 0 aliphatic carbocycles. The summed E-state index contributed by atoms with van der Waals surface area (Å²) in [5, 5.41) is 3.13. The van der Waals surface area contributed by atoms with Crippen LogP contribution in [-0.4, -0.2) is 49.7 Å². The van der Waals surface area contributed by atoms with Crippen molar-refractivity contribution >= 4 is 5.91 Å². The van der Waals surface area contributed by atoms with Crippen LogP contribution < -0.4 is 5.32 Å². The number of carbonyl (C=O) groups is 1. The van der Waals surface area contributed by atoms with Crippen LogP contribution in [0.2, 0.25) is 0 Å². The number of ether oxygens (including phenoxy) is 1. The summed E-state index contributed by atoms with van der Waals surface area (Å²) in [7, 11) is 0. The molecule has 0 aromatic heterocycles. The van der Waals surface area contributed by atoms with Gasteiger partial charge in [-0.05, 0) is 61.4 Å².